The van der Waals surface area contributed by atoms with Crippen LogP contribution in [0.2, 0.25) is 5.02 Å². The van der Waals surface area contributed by atoms with Crippen LogP contribution >= 0.6 is 11.6 Å². The van der Waals surface area contributed by atoms with Crippen molar-refractivity contribution in [2.24, 2.45) is 5.92 Å². The van der Waals surface area contributed by atoms with E-state index in [4.69, 9.17) is 11.6 Å². The molecule has 1 aromatic carbocycles. The van der Waals surface area contributed by atoms with Gasteiger partial charge < -0.3 is 0 Å². The SMILES string of the molecule is CC(C)CNC(C#N)c1ccc(Cl)c2cccnc12. The maximum absolute atomic E-state index is 9.35. The van der Waals surface area contributed by atoms with Crippen molar-refractivity contribution in [1.82, 2.24) is 10.3 Å². The average molecular weight is 274 g/mol. The third-order valence-electron chi connectivity index (χ3n) is 2.92. The van der Waals surface area contributed by atoms with Gasteiger partial charge in [-0.15, -0.1) is 0 Å². The van der Waals surface area contributed by atoms with Crippen LogP contribution in [0.1, 0.15) is 25.5 Å². The van der Waals surface area contributed by atoms with Gasteiger partial charge in [0.15, 0.2) is 0 Å². The molecule has 0 saturated heterocycles. The molecule has 0 radical (unpaired) electrons. The van der Waals surface area contributed by atoms with E-state index in [2.05, 4.69) is 30.2 Å². The van der Waals surface area contributed by atoms with Crippen molar-refractivity contribution < 1.29 is 0 Å². The van der Waals surface area contributed by atoms with Gasteiger partial charge in [0.25, 0.3) is 0 Å². The van der Waals surface area contributed by atoms with E-state index in [1.807, 2.05) is 24.3 Å². The van der Waals surface area contributed by atoms with Gasteiger partial charge in [0, 0.05) is 22.2 Å². The van der Waals surface area contributed by atoms with Gasteiger partial charge in [-0.25, -0.2) is 0 Å². The van der Waals surface area contributed by atoms with E-state index in [1.165, 1.54) is 0 Å². The van der Waals surface area contributed by atoms with Gasteiger partial charge in [0.2, 0.25) is 0 Å². The Balaban J connectivity index is 2.44. The summed E-state index contributed by atoms with van der Waals surface area (Å²) in [4.78, 5) is 4.36. The highest BCUT2D eigenvalue weighted by molar-refractivity contribution is 6.35. The summed E-state index contributed by atoms with van der Waals surface area (Å²) in [7, 11) is 0. The minimum atomic E-state index is -0.364. The van der Waals surface area contributed by atoms with Gasteiger partial charge in [-0.1, -0.05) is 31.5 Å². The van der Waals surface area contributed by atoms with Crippen LogP contribution in [0.25, 0.3) is 10.9 Å². The third-order valence-corrected chi connectivity index (χ3v) is 3.25. The summed E-state index contributed by atoms with van der Waals surface area (Å²) in [6.07, 6.45) is 1.72. The zero-order valence-electron chi connectivity index (χ0n) is 11.0. The van der Waals surface area contributed by atoms with Crippen LogP contribution in [-0.2, 0) is 0 Å². The van der Waals surface area contributed by atoms with Crippen LogP contribution in [0, 0.1) is 17.2 Å². The summed E-state index contributed by atoms with van der Waals surface area (Å²) >= 11 is 6.16. The molecule has 0 aliphatic heterocycles. The fourth-order valence-electron chi connectivity index (χ4n) is 1.97. The van der Waals surface area contributed by atoms with Crippen molar-refractivity contribution >= 4 is 22.5 Å². The third kappa shape index (κ3) is 3.04. The first-order chi connectivity index (χ1) is 9.13. The lowest BCUT2D eigenvalue weighted by Crippen LogP contribution is -2.24. The quantitative estimate of drug-likeness (QED) is 0.924. The summed E-state index contributed by atoms with van der Waals surface area (Å²) < 4.78 is 0. The molecule has 0 aliphatic rings. The number of nitrogens with zero attached hydrogens (tertiary/aromatic N) is 2. The van der Waals surface area contributed by atoms with Gasteiger partial charge in [-0.05, 0) is 30.7 Å². The Bertz CT molecular complexity index is 616. The number of rotatable bonds is 4. The molecule has 0 aliphatic carbocycles. The van der Waals surface area contributed by atoms with E-state index in [0.29, 0.717) is 10.9 Å². The van der Waals surface area contributed by atoms with Gasteiger partial charge in [0.1, 0.15) is 6.04 Å². The van der Waals surface area contributed by atoms with E-state index in [1.54, 1.807) is 6.20 Å². The molecule has 1 atom stereocenters. The summed E-state index contributed by atoms with van der Waals surface area (Å²) in [6, 6.07) is 9.39. The number of nitrogens with one attached hydrogen (secondary N) is 1. The molecule has 0 bridgehead atoms. The van der Waals surface area contributed by atoms with Crippen LogP contribution in [0.15, 0.2) is 30.5 Å². The molecule has 3 nitrogen and oxygen atoms in total. The second-order valence-electron chi connectivity index (χ2n) is 4.90. The van der Waals surface area contributed by atoms with Crippen LogP contribution in [0.3, 0.4) is 0 Å². The Labute approximate surface area is 118 Å². The minimum Gasteiger partial charge on any atom is -0.298 e. The summed E-state index contributed by atoms with van der Waals surface area (Å²) in [5.41, 5.74) is 1.67. The molecule has 0 saturated carbocycles. The fraction of sp³-hybridized carbons (Fsp3) is 0.333. The molecule has 0 spiro atoms. The monoisotopic (exact) mass is 273 g/mol. The van der Waals surface area contributed by atoms with E-state index < -0.39 is 0 Å². The van der Waals surface area contributed by atoms with Gasteiger partial charge in [-0.3, -0.25) is 10.3 Å². The second-order valence-corrected chi connectivity index (χ2v) is 5.31. The maximum Gasteiger partial charge on any atom is 0.123 e. The van der Waals surface area contributed by atoms with Gasteiger partial charge in [0.05, 0.1) is 11.6 Å². The second kappa shape index (κ2) is 6.01. The van der Waals surface area contributed by atoms with E-state index in [0.717, 1.165) is 23.0 Å². The highest BCUT2D eigenvalue weighted by Gasteiger charge is 2.15. The first-order valence-electron chi connectivity index (χ1n) is 6.29. The number of pyridine rings is 1. The highest BCUT2D eigenvalue weighted by atomic mass is 35.5. The van der Waals surface area contributed by atoms with Crippen molar-refractivity contribution in [2.75, 3.05) is 6.54 Å². The Hall–Kier alpha value is -1.63. The summed E-state index contributed by atoms with van der Waals surface area (Å²) in [5.74, 6) is 0.488. The number of halogens is 1. The average Bonchev–Trinajstić information content (AvgIpc) is 2.41. The lowest BCUT2D eigenvalue weighted by molar-refractivity contribution is 0.526. The predicted molar refractivity (Wildman–Crippen MR) is 77.9 cm³/mol. The molecule has 1 unspecified atom stereocenters. The molecule has 1 aromatic heterocycles. The van der Waals surface area contributed by atoms with E-state index >= 15 is 0 Å². The molecule has 19 heavy (non-hydrogen) atoms. The van der Waals surface area contributed by atoms with Gasteiger partial charge in [-0.2, -0.15) is 5.26 Å². The molecular formula is C15H16ClN3. The van der Waals surface area contributed by atoms with E-state index in [-0.39, 0.29) is 6.04 Å². The van der Waals surface area contributed by atoms with Crippen molar-refractivity contribution in [3.8, 4) is 6.07 Å². The lowest BCUT2D eigenvalue weighted by Gasteiger charge is -2.15. The summed E-state index contributed by atoms with van der Waals surface area (Å²) in [5, 5.41) is 14.1. The molecule has 1 heterocycles. The molecular weight excluding hydrogens is 258 g/mol. The number of aromatic nitrogens is 1. The Morgan fingerprint density at radius 1 is 1.37 bits per heavy atom. The molecule has 98 valence electrons. The van der Waals surface area contributed by atoms with Gasteiger partial charge >= 0.3 is 0 Å². The van der Waals surface area contributed by atoms with Crippen molar-refractivity contribution in [3.63, 3.8) is 0 Å². The largest absolute Gasteiger partial charge is 0.298 e. The Morgan fingerprint density at radius 2 is 2.16 bits per heavy atom. The molecule has 4 heteroatoms. The molecule has 2 rings (SSSR count). The lowest BCUT2D eigenvalue weighted by atomic mass is 10.0. The van der Waals surface area contributed by atoms with Crippen molar-refractivity contribution in [1.29, 1.82) is 5.26 Å². The Morgan fingerprint density at radius 3 is 2.84 bits per heavy atom. The smallest absolute Gasteiger partial charge is 0.123 e. The number of hydrogen-bond acceptors (Lipinski definition) is 3. The fourth-order valence-corrected chi connectivity index (χ4v) is 2.19. The summed E-state index contributed by atoms with van der Waals surface area (Å²) in [6.45, 7) is 5.01. The topological polar surface area (TPSA) is 48.7 Å². The first kappa shape index (κ1) is 13.8. The van der Waals surface area contributed by atoms with Crippen molar-refractivity contribution in [3.05, 3.63) is 41.0 Å². The highest BCUT2D eigenvalue weighted by Crippen LogP contribution is 2.28. The zero-order valence-corrected chi connectivity index (χ0v) is 11.8. The number of nitriles is 1. The Kier molecular flexibility index (Phi) is 4.36. The zero-order chi connectivity index (χ0) is 13.8. The van der Waals surface area contributed by atoms with E-state index in [9.17, 15) is 5.26 Å². The molecule has 0 fully saturated rings. The molecule has 0 amide bonds. The van der Waals surface area contributed by atoms with Crippen LogP contribution in [0.4, 0.5) is 0 Å². The normalized spacial score (nSPS) is 12.6. The first-order valence-corrected chi connectivity index (χ1v) is 6.67. The minimum absolute atomic E-state index is 0.364. The number of benzene rings is 1. The molecule has 2 aromatic rings. The maximum atomic E-state index is 9.35. The van der Waals surface area contributed by atoms with Crippen molar-refractivity contribution in [2.45, 2.75) is 19.9 Å². The standard InChI is InChI=1S/C15H16ClN3/c1-10(2)9-19-14(8-17)12-5-6-13(16)11-4-3-7-18-15(11)12/h3-7,10,14,19H,9H2,1-2H3. The molecule has 1 N–H and O–H groups in total. The number of hydrogen-bond donors (Lipinski definition) is 1. The van der Waals surface area contributed by atoms with Crippen LogP contribution in [0.5, 0.6) is 0 Å². The number of fused-ring (bicyclic) bond motifs is 1. The van der Waals surface area contributed by atoms with Crippen LogP contribution in [-0.4, -0.2) is 11.5 Å². The predicted octanol–water partition coefficient (Wildman–Crippen LogP) is 3.70. The van der Waals surface area contributed by atoms with Crippen LogP contribution < -0.4 is 5.32 Å².